The third kappa shape index (κ3) is 10.8. The maximum Gasteiger partial charge on any atom is 0.408 e. The van der Waals surface area contributed by atoms with Crippen molar-refractivity contribution in [3.8, 4) is 0 Å². The second kappa shape index (κ2) is 17.6. The lowest BCUT2D eigenvalue weighted by Crippen LogP contribution is -2.51. The first-order valence-corrected chi connectivity index (χ1v) is 16.2. The summed E-state index contributed by atoms with van der Waals surface area (Å²) in [6.45, 7) is 2.73. The molecule has 48 heavy (non-hydrogen) atoms. The van der Waals surface area contributed by atoms with Gasteiger partial charge in [-0.3, -0.25) is 14.7 Å². The Morgan fingerprint density at radius 3 is 2.25 bits per heavy atom. The third-order valence-electron chi connectivity index (χ3n) is 8.29. The fraction of sp³-hybridized carbons (Fsp3) is 0.500. The SMILES string of the molecule is CC(CCCC[N+]1=C2NC(=NCCC[C@H](NC(=O)OCc3ccccc3)C(=O)O)NC2(O)C[C@H](O)[C@H](O)C1)C(=O)OCc1ccccc1. The van der Waals surface area contributed by atoms with Crippen molar-refractivity contribution < 1.29 is 48.9 Å². The van der Waals surface area contributed by atoms with E-state index in [1.165, 1.54) is 0 Å². The number of alkyl carbamates (subject to hydrolysis) is 1. The highest BCUT2D eigenvalue weighted by molar-refractivity contribution is 6.08. The fourth-order valence-electron chi connectivity index (χ4n) is 5.54. The van der Waals surface area contributed by atoms with Gasteiger partial charge in [0.15, 0.2) is 0 Å². The monoisotopic (exact) mass is 668 g/mol. The summed E-state index contributed by atoms with van der Waals surface area (Å²) >= 11 is 0. The standard InChI is InChI=1S/C34H45N5O9/c1-23(30(44)47-21-24-12-4-2-5-13-24)11-8-9-18-39-20-28(41)27(40)19-34(46)31(39)37-32(38-34)35-17-10-16-26(29(42)43)36-33(45)48-22-25-14-6-3-7-15-25/h2-7,12-15,23,26-28,40-41,46H,8-11,16-22H2,1H3,(H3,35,36,38,42,43,45)/p+1/t23?,26-,27-,28+,34?/m0/s1. The van der Waals surface area contributed by atoms with Gasteiger partial charge in [-0.2, -0.15) is 0 Å². The summed E-state index contributed by atoms with van der Waals surface area (Å²) in [4.78, 5) is 40.7. The maximum absolute atomic E-state index is 12.5. The van der Waals surface area contributed by atoms with Crippen LogP contribution in [-0.4, -0.2) is 98.4 Å². The van der Waals surface area contributed by atoms with Crippen molar-refractivity contribution in [3.05, 3.63) is 71.8 Å². The average Bonchev–Trinajstić information content (AvgIpc) is 3.37. The molecule has 2 unspecified atom stereocenters. The third-order valence-corrected chi connectivity index (χ3v) is 8.29. The first kappa shape index (κ1) is 36.3. The van der Waals surface area contributed by atoms with E-state index < -0.39 is 36.0 Å². The zero-order valence-corrected chi connectivity index (χ0v) is 27.1. The molecule has 14 heteroatoms. The molecule has 1 fully saturated rings. The number of amides is 1. The van der Waals surface area contributed by atoms with E-state index in [0.717, 1.165) is 11.1 Å². The average molecular weight is 669 g/mol. The van der Waals surface area contributed by atoms with E-state index in [-0.39, 0.29) is 57.0 Å². The molecule has 0 aliphatic carbocycles. The Kier molecular flexibility index (Phi) is 13.3. The summed E-state index contributed by atoms with van der Waals surface area (Å²) in [5, 5.41) is 50.3. The van der Waals surface area contributed by atoms with E-state index in [9.17, 15) is 34.8 Å². The Labute approximate surface area is 279 Å². The summed E-state index contributed by atoms with van der Waals surface area (Å²) in [7, 11) is 0. The summed E-state index contributed by atoms with van der Waals surface area (Å²) in [5.41, 5.74) is -0.0179. The van der Waals surface area contributed by atoms with Crippen LogP contribution >= 0.6 is 0 Å². The Morgan fingerprint density at radius 1 is 0.958 bits per heavy atom. The number of guanidine groups is 1. The minimum absolute atomic E-state index is 0.0113. The molecule has 2 heterocycles. The van der Waals surface area contributed by atoms with Crippen molar-refractivity contribution in [3.63, 3.8) is 0 Å². The highest BCUT2D eigenvalue weighted by atomic mass is 16.5. The van der Waals surface area contributed by atoms with E-state index in [1.54, 1.807) is 28.8 Å². The van der Waals surface area contributed by atoms with Crippen molar-refractivity contribution in [1.29, 1.82) is 0 Å². The fourth-order valence-corrected chi connectivity index (χ4v) is 5.54. The van der Waals surface area contributed by atoms with Crippen LogP contribution in [0, 0.1) is 5.92 Å². The number of rotatable bonds is 16. The number of esters is 1. The van der Waals surface area contributed by atoms with E-state index in [2.05, 4.69) is 20.9 Å². The Bertz CT molecular complexity index is 1440. The van der Waals surface area contributed by atoms with Crippen LogP contribution in [0.2, 0.25) is 0 Å². The number of nitrogens with one attached hydrogen (secondary N) is 3. The minimum Gasteiger partial charge on any atom is -0.480 e. The second-order valence-corrected chi connectivity index (χ2v) is 12.2. The number of hydrogen-bond donors (Lipinski definition) is 7. The maximum atomic E-state index is 12.5. The van der Waals surface area contributed by atoms with Crippen LogP contribution in [0.5, 0.6) is 0 Å². The number of benzene rings is 2. The van der Waals surface area contributed by atoms with Crippen LogP contribution in [0.4, 0.5) is 4.79 Å². The molecule has 7 N–H and O–H groups in total. The number of carboxylic acid groups (broad SMARTS) is 1. The van der Waals surface area contributed by atoms with Crippen LogP contribution in [-0.2, 0) is 32.3 Å². The molecule has 2 aliphatic heterocycles. The van der Waals surface area contributed by atoms with Crippen molar-refractivity contribution in [2.45, 2.75) is 82.6 Å². The molecule has 260 valence electrons. The molecular weight excluding hydrogens is 622 g/mol. The molecule has 1 saturated heterocycles. The Balaban J connectivity index is 1.26. The Hall–Kier alpha value is -4.53. The van der Waals surface area contributed by atoms with Crippen LogP contribution in [0.15, 0.2) is 65.7 Å². The van der Waals surface area contributed by atoms with Crippen LogP contribution in [0.1, 0.15) is 56.6 Å². The molecule has 2 aromatic carbocycles. The molecule has 0 aromatic heterocycles. The van der Waals surface area contributed by atoms with E-state index in [1.807, 2.05) is 43.3 Å². The lowest BCUT2D eigenvalue weighted by molar-refractivity contribution is -0.541. The topological polar surface area (TPSA) is 202 Å². The van der Waals surface area contributed by atoms with E-state index in [4.69, 9.17) is 9.47 Å². The number of β-amino-alcohol motifs (C(OH)–C–C–N with tert-alkyl or cyclic N) is 1. The molecule has 2 aromatic rings. The van der Waals surface area contributed by atoms with Gasteiger partial charge in [-0.25, -0.2) is 19.9 Å². The molecule has 0 spiro atoms. The molecular formula is C34H46N5O9+. The molecule has 4 rings (SSSR count). The van der Waals surface area contributed by atoms with Crippen molar-refractivity contribution in [1.82, 2.24) is 16.0 Å². The normalized spacial score (nSPS) is 22.5. The predicted octanol–water partition coefficient (Wildman–Crippen LogP) is 1.47. The number of aliphatic hydroxyl groups excluding tert-OH is 2. The number of aliphatic hydroxyl groups is 3. The number of amidine groups is 1. The zero-order valence-electron chi connectivity index (χ0n) is 27.1. The predicted molar refractivity (Wildman–Crippen MR) is 175 cm³/mol. The van der Waals surface area contributed by atoms with Gasteiger partial charge in [0.1, 0.15) is 31.9 Å². The molecule has 0 bridgehead atoms. The number of unbranched alkanes of at least 4 members (excludes halogenated alkanes) is 1. The van der Waals surface area contributed by atoms with Gasteiger partial charge in [0.25, 0.3) is 5.96 Å². The smallest absolute Gasteiger partial charge is 0.408 e. The number of carboxylic acids is 1. The van der Waals surface area contributed by atoms with Crippen molar-refractivity contribution in [2.75, 3.05) is 19.6 Å². The largest absolute Gasteiger partial charge is 0.480 e. The number of hydrogen-bond acceptors (Lipinski definition) is 9. The molecule has 1 amide bonds. The van der Waals surface area contributed by atoms with Gasteiger partial charge < -0.3 is 35.2 Å². The molecule has 2 aliphatic rings. The van der Waals surface area contributed by atoms with Gasteiger partial charge in [-0.15, -0.1) is 0 Å². The van der Waals surface area contributed by atoms with Gasteiger partial charge in [-0.05, 0) is 43.2 Å². The van der Waals surface area contributed by atoms with Gasteiger partial charge >= 0.3 is 23.9 Å². The lowest BCUT2D eigenvalue weighted by Gasteiger charge is -2.21. The van der Waals surface area contributed by atoms with Crippen molar-refractivity contribution >= 4 is 29.8 Å². The van der Waals surface area contributed by atoms with Crippen molar-refractivity contribution in [2.24, 2.45) is 10.9 Å². The molecule has 14 nitrogen and oxygen atoms in total. The zero-order chi connectivity index (χ0) is 34.5. The van der Waals surface area contributed by atoms with Gasteiger partial charge in [-0.1, -0.05) is 67.6 Å². The van der Waals surface area contributed by atoms with Gasteiger partial charge in [0.05, 0.1) is 18.6 Å². The molecule has 0 saturated carbocycles. The van der Waals surface area contributed by atoms with Gasteiger partial charge in [0.2, 0.25) is 5.72 Å². The second-order valence-electron chi connectivity index (χ2n) is 12.2. The summed E-state index contributed by atoms with van der Waals surface area (Å²) in [6.07, 6.45) is -1.01. The van der Waals surface area contributed by atoms with Crippen LogP contribution in [0.3, 0.4) is 0 Å². The number of aliphatic carboxylic acids is 1. The highest BCUT2D eigenvalue weighted by Crippen LogP contribution is 2.22. The number of carbonyl (C=O) groups excluding carboxylic acids is 2. The first-order chi connectivity index (χ1) is 23.0. The van der Waals surface area contributed by atoms with E-state index in [0.29, 0.717) is 38.1 Å². The van der Waals surface area contributed by atoms with Crippen LogP contribution in [0.25, 0.3) is 0 Å². The Morgan fingerprint density at radius 2 is 1.60 bits per heavy atom. The quantitative estimate of drug-likeness (QED) is 0.0776. The minimum atomic E-state index is -1.71. The molecule has 5 atom stereocenters. The number of nitrogens with zero attached hydrogens (tertiary/aromatic N) is 2. The lowest BCUT2D eigenvalue weighted by atomic mass is 10.0. The first-order valence-electron chi connectivity index (χ1n) is 16.2. The number of aliphatic imine (C=N–C) groups is 1. The molecule has 0 radical (unpaired) electrons. The summed E-state index contributed by atoms with van der Waals surface area (Å²) in [6, 6.07) is 17.3. The van der Waals surface area contributed by atoms with Crippen LogP contribution < -0.4 is 16.0 Å². The van der Waals surface area contributed by atoms with E-state index >= 15 is 0 Å². The highest BCUT2D eigenvalue weighted by Gasteiger charge is 2.53. The van der Waals surface area contributed by atoms with Gasteiger partial charge in [0, 0.05) is 13.0 Å². The summed E-state index contributed by atoms with van der Waals surface area (Å²) < 4.78 is 12.3. The summed E-state index contributed by atoms with van der Waals surface area (Å²) in [5.74, 6) is -1.19. The number of ether oxygens (including phenoxy) is 2. The number of fused-ring (bicyclic) bond motifs is 1. The number of carbonyl (C=O) groups is 3.